The van der Waals surface area contributed by atoms with E-state index in [2.05, 4.69) is 23.9 Å². The molecule has 0 unspecified atom stereocenters. The Bertz CT molecular complexity index is 551. The van der Waals surface area contributed by atoms with Crippen LogP contribution in [0.5, 0.6) is 0 Å². The predicted molar refractivity (Wildman–Crippen MR) is 82.5 cm³/mol. The van der Waals surface area contributed by atoms with Crippen molar-refractivity contribution in [3.63, 3.8) is 0 Å². The number of hydrogen-bond acceptors (Lipinski definition) is 3. The van der Waals surface area contributed by atoms with E-state index >= 15 is 0 Å². The molecule has 2 N–H and O–H groups in total. The number of sulfonamides is 1. The predicted octanol–water partition coefficient (Wildman–Crippen LogP) is 2.76. The molecule has 0 radical (unpaired) electrons. The second kappa shape index (κ2) is 6.59. The largest absolute Gasteiger partial charge is 0.385 e. The van der Waals surface area contributed by atoms with E-state index < -0.39 is 10.0 Å². The molecule has 1 heterocycles. The van der Waals surface area contributed by atoms with Gasteiger partial charge in [0.1, 0.15) is 0 Å². The zero-order valence-electron chi connectivity index (χ0n) is 12.3. The van der Waals surface area contributed by atoms with Crippen molar-refractivity contribution in [2.45, 2.75) is 44.4 Å². The van der Waals surface area contributed by atoms with Gasteiger partial charge < -0.3 is 5.32 Å². The van der Waals surface area contributed by atoms with Crippen molar-refractivity contribution in [3.05, 3.63) is 23.8 Å². The molecule has 0 aromatic heterocycles. The lowest BCUT2D eigenvalue weighted by Crippen LogP contribution is -2.29. The lowest BCUT2D eigenvalue weighted by atomic mass is 10.0. The van der Waals surface area contributed by atoms with E-state index in [4.69, 9.17) is 0 Å². The third kappa shape index (κ3) is 3.52. The lowest BCUT2D eigenvalue weighted by Gasteiger charge is -2.19. The smallest absolute Gasteiger partial charge is 0.240 e. The summed E-state index contributed by atoms with van der Waals surface area (Å²) >= 11 is 0. The van der Waals surface area contributed by atoms with Crippen LogP contribution in [0.1, 0.15) is 38.7 Å². The molecule has 0 fully saturated rings. The van der Waals surface area contributed by atoms with Crippen LogP contribution in [0, 0.1) is 5.92 Å². The third-order valence-electron chi connectivity index (χ3n) is 4.04. The number of anilines is 1. The van der Waals surface area contributed by atoms with Gasteiger partial charge in [-0.2, -0.15) is 0 Å². The molecule has 2 rings (SSSR count). The van der Waals surface area contributed by atoms with Gasteiger partial charge in [-0.1, -0.05) is 26.7 Å². The Kier molecular flexibility index (Phi) is 5.05. The van der Waals surface area contributed by atoms with Crippen LogP contribution in [0.25, 0.3) is 0 Å². The zero-order valence-corrected chi connectivity index (χ0v) is 13.1. The number of rotatable bonds is 6. The quantitative estimate of drug-likeness (QED) is 0.848. The Morgan fingerprint density at radius 3 is 2.75 bits per heavy atom. The highest BCUT2D eigenvalue weighted by Crippen LogP contribution is 2.24. The van der Waals surface area contributed by atoms with Crippen molar-refractivity contribution >= 4 is 15.7 Å². The van der Waals surface area contributed by atoms with Gasteiger partial charge in [-0.15, -0.1) is 0 Å². The van der Waals surface area contributed by atoms with Crippen molar-refractivity contribution in [1.29, 1.82) is 0 Å². The maximum Gasteiger partial charge on any atom is 0.240 e. The lowest BCUT2D eigenvalue weighted by molar-refractivity contribution is 0.479. The number of benzene rings is 1. The summed E-state index contributed by atoms with van der Waals surface area (Å²) in [5.41, 5.74) is 2.16. The van der Waals surface area contributed by atoms with Gasteiger partial charge in [0.25, 0.3) is 0 Å². The first-order valence-electron chi connectivity index (χ1n) is 7.43. The Hall–Kier alpha value is -1.07. The summed E-state index contributed by atoms with van der Waals surface area (Å²) in [4.78, 5) is 0.380. The van der Waals surface area contributed by atoms with Gasteiger partial charge in [0.2, 0.25) is 10.0 Å². The molecule has 0 saturated heterocycles. The number of aryl methyl sites for hydroxylation is 1. The van der Waals surface area contributed by atoms with Gasteiger partial charge in [-0.25, -0.2) is 13.1 Å². The topological polar surface area (TPSA) is 58.2 Å². The summed E-state index contributed by atoms with van der Waals surface area (Å²) in [6.45, 7) is 5.66. The summed E-state index contributed by atoms with van der Waals surface area (Å²) in [7, 11) is -3.39. The molecule has 112 valence electrons. The van der Waals surface area contributed by atoms with Crippen LogP contribution < -0.4 is 10.0 Å². The Labute approximate surface area is 122 Å². The zero-order chi connectivity index (χ0) is 14.6. The van der Waals surface area contributed by atoms with Crippen LogP contribution in [0.15, 0.2) is 23.1 Å². The van der Waals surface area contributed by atoms with E-state index in [1.54, 1.807) is 12.1 Å². The normalized spacial score (nSPS) is 14.9. The van der Waals surface area contributed by atoms with Crippen molar-refractivity contribution < 1.29 is 8.42 Å². The maximum absolute atomic E-state index is 12.3. The van der Waals surface area contributed by atoms with Crippen molar-refractivity contribution in [3.8, 4) is 0 Å². The molecule has 0 aliphatic carbocycles. The van der Waals surface area contributed by atoms with E-state index in [1.807, 2.05) is 6.07 Å². The molecule has 4 nitrogen and oxygen atoms in total. The summed E-state index contributed by atoms with van der Waals surface area (Å²) in [6.07, 6.45) is 3.98. The molecule has 20 heavy (non-hydrogen) atoms. The van der Waals surface area contributed by atoms with Crippen molar-refractivity contribution in [2.24, 2.45) is 5.92 Å². The summed E-state index contributed by atoms with van der Waals surface area (Å²) in [5.74, 6) is 0.407. The Balaban J connectivity index is 2.13. The molecular weight excluding hydrogens is 272 g/mol. The van der Waals surface area contributed by atoms with Crippen LogP contribution in [-0.2, 0) is 16.4 Å². The third-order valence-corrected chi connectivity index (χ3v) is 5.46. The monoisotopic (exact) mass is 296 g/mol. The highest BCUT2D eigenvalue weighted by molar-refractivity contribution is 7.89. The molecule has 0 spiro atoms. The van der Waals surface area contributed by atoms with Gasteiger partial charge in [0.05, 0.1) is 4.90 Å². The minimum atomic E-state index is -3.39. The summed E-state index contributed by atoms with van der Waals surface area (Å²) < 4.78 is 27.4. The first-order chi connectivity index (χ1) is 9.56. The van der Waals surface area contributed by atoms with Gasteiger partial charge in [0.15, 0.2) is 0 Å². The SMILES string of the molecule is CCC(CC)CNS(=O)(=O)c1ccc2c(c1)CCCN2. The van der Waals surface area contributed by atoms with Crippen LogP contribution in [0.3, 0.4) is 0 Å². The Morgan fingerprint density at radius 1 is 1.30 bits per heavy atom. The van der Waals surface area contributed by atoms with Gasteiger partial charge in [-0.3, -0.25) is 0 Å². The van der Waals surface area contributed by atoms with E-state index in [-0.39, 0.29) is 0 Å². The molecule has 0 saturated carbocycles. The number of nitrogens with one attached hydrogen (secondary N) is 2. The highest BCUT2D eigenvalue weighted by atomic mass is 32.2. The fraction of sp³-hybridized carbons (Fsp3) is 0.600. The Morgan fingerprint density at radius 2 is 2.05 bits per heavy atom. The minimum absolute atomic E-state index is 0.380. The highest BCUT2D eigenvalue weighted by Gasteiger charge is 2.18. The molecule has 0 bridgehead atoms. The summed E-state index contributed by atoms with van der Waals surface area (Å²) in [6, 6.07) is 5.36. The van der Waals surface area contributed by atoms with E-state index in [1.165, 1.54) is 0 Å². The second-order valence-corrected chi connectivity index (χ2v) is 7.15. The first-order valence-corrected chi connectivity index (χ1v) is 8.91. The van der Waals surface area contributed by atoms with Crippen molar-refractivity contribution in [1.82, 2.24) is 4.72 Å². The van der Waals surface area contributed by atoms with Crippen LogP contribution >= 0.6 is 0 Å². The average Bonchev–Trinajstić information content (AvgIpc) is 2.47. The van der Waals surface area contributed by atoms with Crippen LogP contribution in [0.4, 0.5) is 5.69 Å². The molecule has 0 amide bonds. The van der Waals surface area contributed by atoms with E-state index in [0.717, 1.165) is 43.5 Å². The average molecular weight is 296 g/mol. The van der Waals surface area contributed by atoms with Gasteiger partial charge in [-0.05, 0) is 42.5 Å². The molecular formula is C15H24N2O2S. The molecule has 5 heteroatoms. The fourth-order valence-electron chi connectivity index (χ4n) is 2.51. The van der Waals surface area contributed by atoms with Crippen LogP contribution in [-0.4, -0.2) is 21.5 Å². The first kappa shape index (κ1) is 15.3. The summed E-state index contributed by atoms with van der Waals surface area (Å²) in [5, 5.41) is 3.29. The maximum atomic E-state index is 12.3. The number of fused-ring (bicyclic) bond motifs is 1. The van der Waals surface area contributed by atoms with E-state index in [0.29, 0.717) is 17.4 Å². The van der Waals surface area contributed by atoms with E-state index in [9.17, 15) is 8.42 Å². The second-order valence-electron chi connectivity index (χ2n) is 5.38. The number of hydrogen-bond donors (Lipinski definition) is 2. The van der Waals surface area contributed by atoms with Gasteiger partial charge >= 0.3 is 0 Å². The van der Waals surface area contributed by atoms with Crippen LogP contribution in [0.2, 0.25) is 0 Å². The molecule has 0 atom stereocenters. The fourth-order valence-corrected chi connectivity index (χ4v) is 3.67. The minimum Gasteiger partial charge on any atom is -0.385 e. The molecule has 1 aromatic carbocycles. The molecule has 1 aromatic rings. The standard InChI is InChI=1S/C15H24N2O2S/c1-3-12(4-2)11-17-20(18,19)14-7-8-15-13(10-14)6-5-9-16-15/h7-8,10,12,16-17H,3-6,9,11H2,1-2H3. The van der Waals surface area contributed by atoms with Gasteiger partial charge in [0, 0.05) is 18.8 Å². The molecule has 1 aliphatic heterocycles. The van der Waals surface area contributed by atoms with Crippen molar-refractivity contribution in [2.75, 3.05) is 18.4 Å². The molecule has 1 aliphatic rings.